The number of carboxylic acid groups (broad SMARTS) is 1. The second-order valence-corrected chi connectivity index (χ2v) is 7.83. The van der Waals surface area contributed by atoms with Gasteiger partial charge in [-0.1, -0.05) is 80.4 Å². The second-order valence-electron chi connectivity index (χ2n) is 6.65. The molecule has 2 rings (SSSR count). The lowest BCUT2D eigenvalue weighted by atomic mass is 10.2. The summed E-state index contributed by atoms with van der Waals surface area (Å²) in [7, 11) is 0. The quantitative estimate of drug-likeness (QED) is 0.257. The highest BCUT2D eigenvalue weighted by molar-refractivity contribution is 6.61. The number of carboxylic acids is 1. The third-order valence-corrected chi connectivity index (χ3v) is 4.79. The van der Waals surface area contributed by atoms with E-state index in [0.717, 1.165) is 22.2 Å². The fourth-order valence-electron chi connectivity index (χ4n) is 2.29. The molecule has 0 amide bonds. The number of carbonyl (C=O) groups is 2. The van der Waals surface area contributed by atoms with Crippen LogP contribution in [0.2, 0.25) is 10.0 Å². The minimum absolute atomic E-state index is 0.0721. The van der Waals surface area contributed by atoms with Gasteiger partial charge < -0.3 is 19.8 Å². The molecule has 0 atom stereocenters. The number of aliphatic hydroxyl groups is 1. The van der Waals surface area contributed by atoms with Gasteiger partial charge in [-0.25, -0.2) is 9.59 Å². The molecule has 0 aromatic heterocycles. The van der Waals surface area contributed by atoms with Crippen LogP contribution in [-0.4, -0.2) is 59.4 Å². The average Bonchev–Trinajstić information content (AvgIpc) is 2.85. The number of benzene rings is 2. The first kappa shape index (κ1) is 35.8. The van der Waals surface area contributed by atoms with Crippen molar-refractivity contribution in [2.75, 3.05) is 32.8 Å². The Labute approximate surface area is 229 Å². The molecule has 0 unspecified atom stereocenters. The van der Waals surface area contributed by atoms with Crippen LogP contribution in [-0.2, 0) is 9.53 Å². The van der Waals surface area contributed by atoms with Crippen LogP contribution in [0.1, 0.15) is 38.8 Å². The lowest BCUT2D eigenvalue weighted by Crippen LogP contribution is -2.21. The van der Waals surface area contributed by atoms with Crippen molar-refractivity contribution in [3.05, 3.63) is 81.9 Å². The van der Waals surface area contributed by atoms with E-state index < -0.39 is 11.4 Å². The monoisotopic (exact) mass is 559 g/mol. The van der Waals surface area contributed by atoms with E-state index >= 15 is 0 Å². The van der Waals surface area contributed by atoms with E-state index in [9.17, 15) is 9.59 Å². The molecule has 0 aliphatic heterocycles. The van der Waals surface area contributed by atoms with Gasteiger partial charge in [0.25, 0.3) is 0 Å². The molecule has 0 spiro atoms. The topological polar surface area (TPSA) is 87.1 Å². The number of rotatable bonds is 8. The maximum Gasteiger partial charge on any atom is 0.403 e. The Balaban J connectivity index is 0. The number of aliphatic carboxylic acids is 1. The Hall–Kier alpha value is -2.35. The van der Waals surface area contributed by atoms with E-state index in [-0.39, 0.29) is 6.61 Å². The number of hydrogen-bond acceptors (Lipinski definition) is 5. The number of hydrogen-bond donors (Lipinski definition) is 2. The average molecular weight is 561 g/mol. The van der Waals surface area contributed by atoms with Crippen molar-refractivity contribution >= 4 is 58.4 Å². The molecular formula is C27H36Cl3NO5. The zero-order chi connectivity index (χ0) is 27.8. The molecular weight excluding hydrogens is 525 g/mol. The summed E-state index contributed by atoms with van der Waals surface area (Å²) in [6.45, 7) is 12.2. The summed E-state index contributed by atoms with van der Waals surface area (Å²) in [4.78, 5) is 22.1. The van der Waals surface area contributed by atoms with Crippen LogP contribution in [0.25, 0.3) is 12.2 Å². The lowest BCUT2D eigenvalue weighted by molar-refractivity contribution is -0.131. The molecule has 2 N–H and O–H groups in total. The van der Waals surface area contributed by atoms with Gasteiger partial charge in [0.1, 0.15) is 0 Å². The van der Waals surface area contributed by atoms with Crippen molar-refractivity contribution in [3.63, 3.8) is 0 Å². The van der Waals surface area contributed by atoms with Crippen LogP contribution >= 0.6 is 34.8 Å². The van der Waals surface area contributed by atoms with E-state index in [1.807, 2.05) is 30.3 Å². The van der Waals surface area contributed by atoms with Gasteiger partial charge in [0.05, 0.1) is 13.2 Å². The summed E-state index contributed by atoms with van der Waals surface area (Å²) in [5.41, 5.74) is 1.13. The third kappa shape index (κ3) is 23.4. The van der Waals surface area contributed by atoms with Crippen LogP contribution < -0.4 is 0 Å². The van der Waals surface area contributed by atoms with Crippen molar-refractivity contribution in [2.45, 2.75) is 27.7 Å². The number of aliphatic hydroxyl groups excluding tert-OH is 1. The first-order valence-electron chi connectivity index (χ1n) is 11.4. The Morgan fingerprint density at radius 2 is 1.25 bits per heavy atom. The molecule has 0 saturated heterocycles. The fourth-order valence-corrected chi connectivity index (χ4v) is 2.65. The summed E-state index contributed by atoms with van der Waals surface area (Å²) in [5, 5.41) is 18.2. The summed E-state index contributed by atoms with van der Waals surface area (Å²) in [5.74, 6) is -0.954. The maximum absolute atomic E-state index is 10.1. The Kier molecular flexibility index (Phi) is 24.2. The third-order valence-electron chi connectivity index (χ3n) is 4.17. The molecule has 0 saturated carbocycles. The van der Waals surface area contributed by atoms with Gasteiger partial charge in [0.2, 0.25) is 0 Å². The van der Waals surface area contributed by atoms with Crippen molar-refractivity contribution in [2.24, 2.45) is 0 Å². The van der Waals surface area contributed by atoms with Crippen molar-refractivity contribution in [1.82, 2.24) is 4.90 Å². The Morgan fingerprint density at radius 3 is 1.50 bits per heavy atom. The van der Waals surface area contributed by atoms with Gasteiger partial charge in [-0.05, 0) is 68.0 Å². The standard InChI is InChI=1S/C9H7ClO2.C9H9ClO.C6H15N.C3H5ClO2/c10-8-4-1-7(2-5-8)3-6-9(11)12;10-9-5-3-8(4-6-9)2-1-7-11;1-4-7(5-2)6-3;1-2-6-3(4)5/h1-6H,(H,11,12);1-6,11H,7H2;4-6H2,1-3H3;2H2,1H3/b6-3+;2-1+;;. The molecule has 2 aromatic rings. The minimum Gasteiger partial charge on any atom is -0.478 e. The summed E-state index contributed by atoms with van der Waals surface area (Å²) < 4.78 is 4.17. The maximum atomic E-state index is 10.1. The van der Waals surface area contributed by atoms with E-state index in [1.165, 1.54) is 25.7 Å². The molecule has 0 aliphatic carbocycles. The van der Waals surface area contributed by atoms with E-state index in [1.54, 1.807) is 37.3 Å². The highest BCUT2D eigenvalue weighted by Crippen LogP contribution is 2.11. The van der Waals surface area contributed by atoms with Gasteiger partial charge in [-0.3, -0.25) is 0 Å². The molecule has 200 valence electrons. The molecule has 2 aromatic carbocycles. The molecule has 0 bridgehead atoms. The lowest BCUT2D eigenvalue weighted by Gasteiger charge is -2.13. The molecule has 9 heteroatoms. The molecule has 0 radical (unpaired) electrons. The molecule has 6 nitrogen and oxygen atoms in total. The van der Waals surface area contributed by atoms with Gasteiger partial charge in [-0.15, -0.1) is 0 Å². The summed E-state index contributed by atoms with van der Waals surface area (Å²) >= 11 is 16.0. The predicted molar refractivity (Wildman–Crippen MR) is 152 cm³/mol. The van der Waals surface area contributed by atoms with Crippen LogP contribution in [0.4, 0.5) is 4.79 Å². The summed E-state index contributed by atoms with van der Waals surface area (Å²) in [6, 6.07) is 14.4. The first-order chi connectivity index (χ1) is 17.1. The van der Waals surface area contributed by atoms with E-state index in [0.29, 0.717) is 11.6 Å². The first-order valence-corrected chi connectivity index (χ1v) is 12.5. The number of ether oxygens (including phenoxy) is 1. The van der Waals surface area contributed by atoms with Gasteiger partial charge >= 0.3 is 11.4 Å². The van der Waals surface area contributed by atoms with E-state index in [2.05, 4.69) is 30.4 Å². The van der Waals surface area contributed by atoms with Crippen LogP contribution in [0.15, 0.2) is 60.7 Å². The number of nitrogens with zero attached hydrogens (tertiary/aromatic N) is 1. The van der Waals surface area contributed by atoms with Gasteiger partial charge in [0.15, 0.2) is 0 Å². The molecule has 0 aliphatic rings. The van der Waals surface area contributed by atoms with Gasteiger partial charge in [0, 0.05) is 27.7 Å². The molecule has 36 heavy (non-hydrogen) atoms. The van der Waals surface area contributed by atoms with Crippen molar-refractivity contribution in [3.8, 4) is 0 Å². The zero-order valence-electron chi connectivity index (χ0n) is 21.2. The van der Waals surface area contributed by atoms with Crippen molar-refractivity contribution < 1.29 is 24.5 Å². The predicted octanol–water partition coefficient (Wildman–Crippen LogP) is 7.51. The SMILES string of the molecule is CCN(CC)CC.CCOC(=O)Cl.O=C(O)/C=C/c1ccc(Cl)cc1.OC/C=C/c1ccc(Cl)cc1. The number of halogens is 3. The fraction of sp³-hybridized carbons (Fsp3) is 0.333. The zero-order valence-corrected chi connectivity index (χ0v) is 23.4. The smallest absolute Gasteiger partial charge is 0.403 e. The minimum atomic E-state index is -0.954. The highest BCUT2D eigenvalue weighted by Gasteiger charge is 1.90. The largest absolute Gasteiger partial charge is 0.478 e. The highest BCUT2D eigenvalue weighted by atomic mass is 35.5. The Bertz CT molecular complexity index is 876. The second kappa shape index (κ2) is 24.3. The van der Waals surface area contributed by atoms with Gasteiger partial charge in [-0.2, -0.15) is 0 Å². The van der Waals surface area contributed by atoms with Crippen LogP contribution in [0, 0.1) is 0 Å². The Morgan fingerprint density at radius 1 is 0.833 bits per heavy atom. The van der Waals surface area contributed by atoms with Crippen molar-refractivity contribution in [1.29, 1.82) is 0 Å². The molecule has 0 heterocycles. The van der Waals surface area contributed by atoms with Crippen LogP contribution in [0.3, 0.4) is 0 Å². The normalized spacial score (nSPS) is 10.0. The summed E-state index contributed by atoms with van der Waals surface area (Å²) in [6.07, 6.45) is 6.13. The van der Waals surface area contributed by atoms with E-state index in [4.69, 9.17) is 45.0 Å². The number of carbonyl (C=O) groups excluding carboxylic acids is 1. The van der Waals surface area contributed by atoms with Crippen LogP contribution in [0.5, 0.6) is 0 Å². The molecule has 0 fully saturated rings.